The van der Waals surface area contributed by atoms with Crippen molar-refractivity contribution in [1.29, 1.82) is 0 Å². The van der Waals surface area contributed by atoms with Crippen molar-refractivity contribution in [2.45, 2.75) is 45.1 Å². The highest BCUT2D eigenvalue weighted by Crippen LogP contribution is 2.22. The number of rotatable bonds is 5. The van der Waals surface area contributed by atoms with Crippen molar-refractivity contribution in [2.75, 3.05) is 13.2 Å². The molecule has 104 valence electrons. The first-order valence-electron chi connectivity index (χ1n) is 7.16. The summed E-state index contributed by atoms with van der Waals surface area (Å²) in [4.78, 5) is 14.4. The predicted molar refractivity (Wildman–Crippen MR) is 75.9 cm³/mol. The van der Waals surface area contributed by atoms with Crippen LogP contribution in [-0.4, -0.2) is 35.1 Å². The molecule has 3 heteroatoms. The summed E-state index contributed by atoms with van der Waals surface area (Å²) >= 11 is 0. The summed E-state index contributed by atoms with van der Waals surface area (Å²) in [6, 6.07) is 8.49. The van der Waals surface area contributed by atoms with Crippen LogP contribution in [0, 0.1) is 6.92 Å². The number of aliphatic hydroxyl groups excluding tert-OH is 1. The topological polar surface area (TPSA) is 40.5 Å². The Morgan fingerprint density at radius 2 is 2.32 bits per heavy atom. The summed E-state index contributed by atoms with van der Waals surface area (Å²) in [5, 5.41) is 8.91. The van der Waals surface area contributed by atoms with Crippen LogP contribution in [0.15, 0.2) is 24.3 Å². The van der Waals surface area contributed by atoms with E-state index in [2.05, 4.69) is 6.07 Å². The van der Waals surface area contributed by atoms with E-state index in [0.717, 1.165) is 37.8 Å². The van der Waals surface area contributed by atoms with E-state index < -0.39 is 0 Å². The smallest absolute Gasteiger partial charge is 0.227 e. The minimum atomic E-state index is 0.219. The second-order valence-electron chi connectivity index (χ2n) is 5.41. The number of carbonyl (C=O) groups is 1. The van der Waals surface area contributed by atoms with Gasteiger partial charge in [-0.15, -0.1) is 0 Å². The van der Waals surface area contributed by atoms with E-state index in [1.54, 1.807) is 0 Å². The average Bonchev–Trinajstić information content (AvgIpc) is 2.84. The van der Waals surface area contributed by atoms with Crippen molar-refractivity contribution in [3.63, 3.8) is 0 Å². The van der Waals surface area contributed by atoms with Crippen LogP contribution in [0.2, 0.25) is 0 Å². The van der Waals surface area contributed by atoms with Crippen LogP contribution in [0.1, 0.15) is 36.8 Å². The van der Waals surface area contributed by atoms with Crippen LogP contribution in [0.4, 0.5) is 0 Å². The zero-order chi connectivity index (χ0) is 13.7. The standard InChI is InChI=1S/C16H23NO2/c1-13-5-2-6-14(11-13)12-16(19)17-9-3-7-15(17)8-4-10-18/h2,5-6,11,15,18H,3-4,7-10,12H2,1H3. The van der Waals surface area contributed by atoms with E-state index in [1.807, 2.05) is 30.0 Å². The highest BCUT2D eigenvalue weighted by Gasteiger charge is 2.27. The number of amides is 1. The van der Waals surface area contributed by atoms with Gasteiger partial charge in [0, 0.05) is 19.2 Å². The van der Waals surface area contributed by atoms with E-state index in [-0.39, 0.29) is 12.5 Å². The normalized spacial score (nSPS) is 18.8. The summed E-state index contributed by atoms with van der Waals surface area (Å²) in [5.41, 5.74) is 2.29. The fourth-order valence-electron chi connectivity index (χ4n) is 2.89. The van der Waals surface area contributed by atoms with Gasteiger partial charge < -0.3 is 10.0 Å². The van der Waals surface area contributed by atoms with Gasteiger partial charge in [0.05, 0.1) is 6.42 Å². The molecule has 1 N–H and O–H groups in total. The quantitative estimate of drug-likeness (QED) is 0.883. The van der Waals surface area contributed by atoms with Gasteiger partial charge in [-0.3, -0.25) is 4.79 Å². The summed E-state index contributed by atoms with van der Waals surface area (Å²) in [7, 11) is 0. The Bertz CT molecular complexity index is 431. The molecule has 1 amide bonds. The first-order valence-corrected chi connectivity index (χ1v) is 7.16. The van der Waals surface area contributed by atoms with Crippen LogP contribution in [0.5, 0.6) is 0 Å². The molecule has 1 aliphatic heterocycles. The molecule has 1 heterocycles. The zero-order valence-electron chi connectivity index (χ0n) is 11.6. The minimum absolute atomic E-state index is 0.219. The van der Waals surface area contributed by atoms with Crippen LogP contribution >= 0.6 is 0 Å². The maximum atomic E-state index is 12.4. The Morgan fingerprint density at radius 3 is 3.05 bits per heavy atom. The fourth-order valence-corrected chi connectivity index (χ4v) is 2.89. The molecule has 3 nitrogen and oxygen atoms in total. The molecule has 0 saturated carbocycles. The Labute approximate surface area is 115 Å². The number of benzene rings is 1. The molecule has 1 aliphatic rings. The summed E-state index contributed by atoms with van der Waals surface area (Å²) < 4.78 is 0. The molecule has 1 atom stereocenters. The number of carbonyl (C=O) groups excluding carboxylic acids is 1. The molecule has 1 aromatic carbocycles. The Hall–Kier alpha value is -1.35. The van der Waals surface area contributed by atoms with Gasteiger partial charge in [-0.1, -0.05) is 29.8 Å². The molecule has 1 saturated heterocycles. The molecule has 2 rings (SSSR count). The maximum absolute atomic E-state index is 12.4. The lowest BCUT2D eigenvalue weighted by molar-refractivity contribution is -0.131. The molecule has 19 heavy (non-hydrogen) atoms. The van der Waals surface area contributed by atoms with Crippen LogP contribution < -0.4 is 0 Å². The van der Waals surface area contributed by atoms with Crippen molar-refractivity contribution >= 4 is 5.91 Å². The number of aliphatic hydroxyl groups is 1. The molecule has 0 radical (unpaired) electrons. The van der Waals surface area contributed by atoms with Crippen LogP contribution in [0.25, 0.3) is 0 Å². The number of hydrogen-bond acceptors (Lipinski definition) is 2. The second-order valence-corrected chi connectivity index (χ2v) is 5.41. The summed E-state index contributed by atoms with van der Waals surface area (Å²) in [6.07, 6.45) is 4.39. The minimum Gasteiger partial charge on any atom is -0.396 e. The van der Waals surface area contributed by atoms with Crippen LogP contribution in [-0.2, 0) is 11.2 Å². The Balaban J connectivity index is 1.95. The van der Waals surface area contributed by atoms with Gasteiger partial charge in [0.25, 0.3) is 0 Å². The number of aryl methyl sites for hydroxylation is 1. The van der Waals surface area contributed by atoms with E-state index in [0.29, 0.717) is 12.5 Å². The van der Waals surface area contributed by atoms with Gasteiger partial charge in [-0.05, 0) is 38.2 Å². The van der Waals surface area contributed by atoms with Gasteiger partial charge in [0.2, 0.25) is 5.91 Å². The summed E-state index contributed by atoms with van der Waals surface area (Å²) in [5.74, 6) is 0.228. The molecule has 1 fully saturated rings. The van der Waals surface area contributed by atoms with Crippen LogP contribution in [0.3, 0.4) is 0 Å². The predicted octanol–water partition coefficient (Wildman–Crippen LogP) is 2.30. The largest absolute Gasteiger partial charge is 0.396 e. The third-order valence-electron chi connectivity index (χ3n) is 3.83. The third kappa shape index (κ3) is 3.80. The SMILES string of the molecule is Cc1cccc(CC(=O)N2CCCC2CCCO)c1. The van der Waals surface area contributed by atoms with Crippen molar-refractivity contribution in [3.8, 4) is 0 Å². The molecular formula is C16H23NO2. The monoisotopic (exact) mass is 261 g/mol. The van der Waals surface area contributed by atoms with Gasteiger partial charge in [0.15, 0.2) is 0 Å². The third-order valence-corrected chi connectivity index (χ3v) is 3.83. The zero-order valence-corrected chi connectivity index (χ0v) is 11.6. The number of hydrogen-bond donors (Lipinski definition) is 1. The van der Waals surface area contributed by atoms with E-state index in [1.165, 1.54) is 5.56 Å². The Morgan fingerprint density at radius 1 is 1.47 bits per heavy atom. The summed E-state index contributed by atoms with van der Waals surface area (Å²) in [6.45, 7) is 3.14. The maximum Gasteiger partial charge on any atom is 0.227 e. The van der Waals surface area contributed by atoms with E-state index in [4.69, 9.17) is 5.11 Å². The first-order chi connectivity index (χ1) is 9.20. The lowest BCUT2D eigenvalue weighted by Crippen LogP contribution is -2.36. The van der Waals surface area contributed by atoms with Gasteiger partial charge in [-0.25, -0.2) is 0 Å². The highest BCUT2D eigenvalue weighted by molar-refractivity contribution is 5.79. The molecule has 0 aromatic heterocycles. The van der Waals surface area contributed by atoms with Gasteiger partial charge in [0.1, 0.15) is 0 Å². The number of likely N-dealkylation sites (tertiary alicyclic amines) is 1. The van der Waals surface area contributed by atoms with Gasteiger partial charge in [-0.2, -0.15) is 0 Å². The Kier molecular flexibility index (Phi) is 4.97. The highest BCUT2D eigenvalue weighted by atomic mass is 16.3. The molecule has 1 unspecified atom stereocenters. The van der Waals surface area contributed by atoms with Crippen molar-refractivity contribution in [2.24, 2.45) is 0 Å². The van der Waals surface area contributed by atoms with Gasteiger partial charge >= 0.3 is 0 Å². The lowest BCUT2D eigenvalue weighted by atomic mass is 10.1. The fraction of sp³-hybridized carbons (Fsp3) is 0.562. The lowest BCUT2D eigenvalue weighted by Gasteiger charge is -2.24. The van der Waals surface area contributed by atoms with E-state index in [9.17, 15) is 4.79 Å². The van der Waals surface area contributed by atoms with Crippen molar-refractivity contribution in [1.82, 2.24) is 4.90 Å². The number of nitrogens with zero attached hydrogens (tertiary/aromatic N) is 1. The second kappa shape index (κ2) is 6.71. The molecular weight excluding hydrogens is 238 g/mol. The molecule has 0 aliphatic carbocycles. The van der Waals surface area contributed by atoms with Crippen molar-refractivity contribution in [3.05, 3.63) is 35.4 Å². The van der Waals surface area contributed by atoms with E-state index >= 15 is 0 Å². The molecule has 0 spiro atoms. The average molecular weight is 261 g/mol. The first kappa shape index (κ1) is 14.1. The molecule has 1 aromatic rings. The van der Waals surface area contributed by atoms with Crippen molar-refractivity contribution < 1.29 is 9.90 Å². The molecule has 0 bridgehead atoms.